The Hall–Kier alpha value is -1.82. The van der Waals surface area contributed by atoms with Gasteiger partial charge in [0.25, 0.3) is 0 Å². The highest BCUT2D eigenvalue weighted by Crippen LogP contribution is 2.34. The van der Waals surface area contributed by atoms with Crippen LogP contribution in [-0.2, 0) is 4.79 Å². The van der Waals surface area contributed by atoms with Crippen LogP contribution < -0.4 is 5.32 Å². The molecule has 0 spiro atoms. The predicted molar refractivity (Wildman–Crippen MR) is 97.5 cm³/mol. The van der Waals surface area contributed by atoms with E-state index in [2.05, 4.69) is 48.7 Å². The third-order valence-corrected chi connectivity index (χ3v) is 4.49. The van der Waals surface area contributed by atoms with Crippen LogP contribution in [0.25, 0.3) is 6.08 Å². The van der Waals surface area contributed by atoms with Crippen LogP contribution in [0.2, 0.25) is 0 Å². The fourth-order valence-corrected chi connectivity index (χ4v) is 2.81. The average molecular weight is 368 g/mol. The molecule has 1 aromatic carbocycles. The Kier molecular flexibility index (Phi) is 6.87. The molecule has 1 aliphatic carbocycles. The molecule has 0 radical (unpaired) electrons. The number of benzene rings is 1. The number of rotatable bonds is 5. The lowest BCUT2D eigenvalue weighted by atomic mass is 9.83. The molecule has 1 saturated carbocycles. The van der Waals surface area contributed by atoms with E-state index in [0.717, 1.165) is 11.3 Å². The van der Waals surface area contributed by atoms with Gasteiger partial charge in [-0.25, -0.2) is 0 Å². The molecule has 3 nitrogen and oxygen atoms in total. The fraction of sp³-hybridized carbons (Fsp3) is 0.550. The molecule has 144 valence electrons. The topological polar surface area (TPSA) is 32.3 Å². The Balaban J connectivity index is 0.000000209. The van der Waals surface area contributed by atoms with Crippen molar-refractivity contribution >= 4 is 12.0 Å². The Labute approximate surface area is 153 Å². The van der Waals surface area contributed by atoms with Crippen molar-refractivity contribution in [3.05, 3.63) is 42.0 Å². The van der Waals surface area contributed by atoms with Gasteiger partial charge in [0.15, 0.2) is 0 Å². The van der Waals surface area contributed by atoms with Crippen LogP contribution in [0.15, 0.2) is 36.4 Å². The van der Waals surface area contributed by atoms with Crippen molar-refractivity contribution in [2.45, 2.75) is 45.3 Å². The highest BCUT2D eigenvalue weighted by atomic mass is 19.4. The Morgan fingerprint density at radius 3 is 2.31 bits per heavy atom. The first-order valence-corrected chi connectivity index (χ1v) is 9.05. The molecule has 1 saturated heterocycles. The van der Waals surface area contributed by atoms with Crippen molar-refractivity contribution < 1.29 is 18.0 Å². The van der Waals surface area contributed by atoms with E-state index in [1.54, 1.807) is 0 Å². The molecule has 0 bridgehead atoms. The maximum absolute atomic E-state index is 12.4. The smallest absolute Gasteiger partial charge is 0.331 e. The third kappa shape index (κ3) is 6.16. The van der Waals surface area contributed by atoms with Crippen LogP contribution in [0, 0.1) is 5.41 Å². The second kappa shape index (κ2) is 8.71. The van der Waals surface area contributed by atoms with Gasteiger partial charge in [0.05, 0.1) is 0 Å². The molecule has 2 aliphatic rings. The molecule has 0 unspecified atom stereocenters. The van der Waals surface area contributed by atoms with E-state index in [1.165, 1.54) is 5.56 Å². The van der Waals surface area contributed by atoms with Crippen molar-refractivity contribution in [3.63, 3.8) is 0 Å². The molecule has 2 fully saturated rings. The second-order valence-corrected chi connectivity index (χ2v) is 7.30. The standard InChI is InChI=1S/C10H15F3N2O.C10H12/c1-9(4-14-5-9)6-15(7-2-3-7)8(16)10(11,12)13;1-2-3-7-10-8-5-4-6-9-10/h7,14H,2-6H2,1H3;3-9H,2H2,1H3/b;7-3-. The van der Waals surface area contributed by atoms with Gasteiger partial charge in [-0.2, -0.15) is 13.2 Å². The minimum Gasteiger partial charge on any atom is -0.331 e. The van der Waals surface area contributed by atoms with E-state index in [-0.39, 0.29) is 18.0 Å². The van der Waals surface area contributed by atoms with Gasteiger partial charge in [-0.1, -0.05) is 56.3 Å². The molecule has 0 aromatic heterocycles. The lowest BCUT2D eigenvalue weighted by molar-refractivity contribution is -0.188. The van der Waals surface area contributed by atoms with Crippen molar-refractivity contribution in [2.75, 3.05) is 19.6 Å². The molecule has 1 aromatic rings. The lowest BCUT2D eigenvalue weighted by Crippen LogP contribution is -2.59. The minimum atomic E-state index is -4.74. The zero-order valence-electron chi connectivity index (χ0n) is 15.4. The predicted octanol–water partition coefficient (Wildman–Crippen LogP) is 4.26. The first-order chi connectivity index (χ1) is 12.2. The molecule has 1 amide bonds. The van der Waals surface area contributed by atoms with E-state index in [1.807, 2.05) is 13.0 Å². The first kappa shape index (κ1) is 20.5. The molecular formula is C20H27F3N2O. The summed E-state index contributed by atoms with van der Waals surface area (Å²) in [4.78, 5) is 12.3. The molecule has 3 rings (SSSR count). The van der Waals surface area contributed by atoms with Crippen LogP contribution in [-0.4, -0.2) is 42.7 Å². The molecule has 1 heterocycles. The first-order valence-electron chi connectivity index (χ1n) is 9.05. The van der Waals surface area contributed by atoms with E-state index in [0.29, 0.717) is 25.9 Å². The van der Waals surface area contributed by atoms with Crippen LogP contribution in [0.3, 0.4) is 0 Å². The summed E-state index contributed by atoms with van der Waals surface area (Å²) in [6.45, 7) is 5.62. The number of alkyl halides is 3. The molecule has 26 heavy (non-hydrogen) atoms. The summed E-state index contributed by atoms with van der Waals surface area (Å²) in [6, 6.07) is 10.2. The normalized spacial score (nSPS) is 18.7. The number of amides is 1. The SMILES string of the molecule is CC/C=C\c1ccccc1.CC1(CN(C(=O)C(F)(F)F)C2CC2)CNC1. The Morgan fingerprint density at radius 1 is 1.27 bits per heavy atom. The van der Waals surface area contributed by atoms with Gasteiger partial charge in [-0.15, -0.1) is 0 Å². The number of carbonyl (C=O) groups is 1. The van der Waals surface area contributed by atoms with Crippen LogP contribution >= 0.6 is 0 Å². The van der Waals surface area contributed by atoms with Gasteiger partial charge in [-0.05, 0) is 24.8 Å². The van der Waals surface area contributed by atoms with E-state index >= 15 is 0 Å². The van der Waals surface area contributed by atoms with Crippen LogP contribution in [0.5, 0.6) is 0 Å². The number of nitrogens with zero attached hydrogens (tertiary/aromatic N) is 1. The quantitative estimate of drug-likeness (QED) is 0.842. The summed E-state index contributed by atoms with van der Waals surface area (Å²) < 4.78 is 37.1. The molecular weight excluding hydrogens is 341 g/mol. The maximum Gasteiger partial charge on any atom is 0.471 e. The third-order valence-electron chi connectivity index (χ3n) is 4.49. The number of halogens is 3. The van der Waals surface area contributed by atoms with Crippen molar-refractivity contribution in [1.82, 2.24) is 10.2 Å². The van der Waals surface area contributed by atoms with E-state index < -0.39 is 12.1 Å². The maximum atomic E-state index is 12.4. The van der Waals surface area contributed by atoms with Gasteiger partial charge in [-0.3, -0.25) is 4.79 Å². The molecule has 6 heteroatoms. The Morgan fingerprint density at radius 2 is 1.88 bits per heavy atom. The minimum absolute atomic E-state index is 0.188. The van der Waals surface area contributed by atoms with Gasteiger partial charge >= 0.3 is 12.1 Å². The summed E-state index contributed by atoms with van der Waals surface area (Å²) in [5.74, 6) is -1.68. The highest BCUT2D eigenvalue weighted by Gasteiger charge is 2.49. The lowest BCUT2D eigenvalue weighted by Gasteiger charge is -2.43. The largest absolute Gasteiger partial charge is 0.471 e. The number of hydrogen-bond acceptors (Lipinski definition) is 2. The molecule has 1 N–H and O–H groups in total. The number of carbonyl (C=O) groups excluding carboxylic acids is 1. The molecule has 0 atom stereocenters. The number of allylic oxidation sites excluding steroid dienone is 1. The summed E-state index contributed by atoms with van der Waals surface area (Å²) in [5.41, 5.74) is 1.09. The zero-order valence-corrected chi connectivity index (χ0v) is 15.4. The van der Waals surface area contributed by atoms with Crippen molar-refractivity contribution in [2.24, 2.45) is 5.41 Å². The highest BCUT2D eigenvalue weighted by molar-refractivity contribution is 5.82. The fourth-order valence-electron chi connectivity index (χ4n) is 2.81. The van der Waals surface area contributed by atoms with E-state index in [4.69, 9.17) is 0 Å². The number of hydrogen-bond donors (Lipinski definition) is 1. The van der Waals surface area contributed by atoms with E-state index in [9.17, 15) is 18.0 Å². The molecule has 1 aliphatic heterocycles. The van der Waals surface area contributed by atoms with Crippen LogP contribution in [0.4, 0.5) is 13.2 Å². The van der Waals surface area contributed by atoms with Crippen LogP contribution in [0.1, 0.15) is 38.7 Å². The van der Waals surface area contributed by atoms with Gasteiger partial charge in [0.2, 0.25) is 0 Å². The average Bonchev–Trinajstić information content (AvgIpc) is 3.41. The van der Waals surface area contributed by atoms with Crippen molar-refractivity contribution in [3.8, 4) is 0 Å². The van der Waals surface area contributed by atoms with Crippen molar-refractivity contribution in [1.29, 1.82) is 0 Å². The zero-order chi connectivity index (χ0) is 19.2. The van der Waals surface area contributed by atoms with Gasteiger partial charge in [0, 0.05) is 31.1 Å². The van der Waals surface area contributed by atoms with Gasteiger partial charge in [0.1, 0.15) is 0 Å². The number of nitrogens with one attached hydrogen (secondary N) is 1. The monoisotopic (exact) mass is 368 g/mol. The Bertz CT molecular complexity index is 605. The summed E-state index contributed by atoms with van der Waals surface area (Å²) in [5, 5.41) is 3.02. The van der Waals surface area contributed by atoms with Gasteiger partial charge < -0.3 is 10.2 Å². The summed E-state index contributed by atoms with van der Waals surface area (Å²) in [6.07, 6.45) is 2.07. The summed E-state index contributed by atoms with van der Waals surface area (Å²) >= 11 is 0. The second-order valence-electron chi connectivity index (χ2n) is 7.30. The summed E-state index contributed by atoms with van der Waals surface area (Å²) in [7, 11) is 0.